The van der Waals surface area contributed by atoms with Crippen molar-refractivity contribution in [2.24, 2.45) is 11.7 Å². The first kappa shape index (κ1) is 14.8. The Balaban J connectivity index is 1.83. The highest BCUT2D eigenvalue weighted by Gasteiger charge is 2.28. The maximum absolute atomic E-state index is 12.0. The quantitative estimate of drug-likeness (QED) is 0.700. The summed E-state index contributed by atoms with van der Waals surface area (Å²) >= 11 is 0. The Bertz CT molecular complexity index is 446. The summed E-state index contributed by atoms with van der Waals surface area (Å²) in [6, 6.07) is 7.19. The fourth-order valence-corrected chi connectivity index (χ4v) is 1.97. The van der Waals surface area contributed by atoms with E-state index >= 15 is 0 Å². The van der Waals surface area contributed by atoms with E-state index < -0.39 is 0 Å². The third kappa shape index (κ3) is 4.51. The zero-order valence-electron chi connectivity index (χ0n) is 11.8. The Hall–Kier alpha value is -1.59. The largest absolute Gasteiger partial charge is 0.491 e. The van der Waals surface area contributed by atoms with Crippen molar-refractivity contribution in [3.8, 4) is 5.75 Å². The van der Waals surface area contributed by atoms with Crippen molar-refractivity contribution < 1.29 is 14.3 Å². The summed E-state index contributed by atoms with van der Waals surface area (Å²) in [7, 11) is 1.62. The van der Waals surface area contributed by atoms with Gasteiger partial charge in [0.2, 0.25) is 0 Å². The van der Waals surface area contributed by atoms with Gasteiger partial charge in [0.25, 0.3) is 5.91 Å². The van der Waals surface area contributed by atoms with Crippen LogP contribution in [0.15, 0.2) is 24.3 Å². The smallest absolute Gasteiger partial charge is 0.251 e. The maximum atomic E-state index is 12.0. The fraction of sp³-hybridized carbons (Fsp3) is 0.533. The Kier molecular flexibility index (Phi) is 5.38. The number of carbonyl (C=O) groups is 1. The number of nitrogens with two attached hydrogens (primary N) is 1. The summed E-state index contributed by atoms with van der Waals surface area (Å²) in [4.78, 5) is 12.0. The minimum Gasteiger partial charge on any atom is -0.491 e. The first-order valence-electron chi connectivity index (χ1n) is 6.96. The van der Waals surface area contributed by atoms with E-state index in [-0.39, 0.29) is 11.9 Å². The number of amides is 1. The Morgan fingerprint density at radius 1 is 1.45 bits per heavy atom. The van der Waals surface area contributed by atoms with E-state index in [0.717, 1.165) is 0 Å². The lowest BCUT2D eigenvalue weighted by molar-refractivity contribution is 0.0949. The number of carbonyl (C=O) groups excluding carboxylic acids is 1. The number of rotatable bonds is 8. The van der Waals surface area contributed by atoms with Crippen molar-refractivity contribution in [3.05, 3.63) is 29.8 Å². The lowest BCUT2D eigenvalue weighted by atomic mass is 10.1. The zero-order valence-corrected chi connectivity index (χ0v) is 11.8. The van der Waals surface area contributed by atoms with Crippen LogP contribution >= 0.6 is 0 Å². The average Bonchev–Trinajstić information content (AvgIpc) is 3.29. The second-order valence-electron chi connectivity index (χ2n) is 5.08. The molecule has 1 aromatic rings. The van der Waals surface area contributed by atoms with E-state index in [9.17, 15) is 4.79 Å². The molecule has 1 atom stereocenters. The minimum atomic E-state index is -0.113. The average molecular weight is 278 g/mol. The van der Waals surface area contributed by atoms with Crippen LogP contribution < -0.4 is 15.8 Å². The van der Waals surface area contributed by atoms with E-state index in [1.165, 1.54) is 12.8 Å². The summed E-state index contributed by atoms with van der Waals surface area (Å²) in [6.07, 6.45) is 2.36. The van der Waals surface area contributed by atoms with E-state index in [2.05, 4.69) is 5.32 Å². The molecule has 2 rings (SSSR count). The van der Waals surface area contributed by atoms with Gasteiger partial charge in [0.1, 0.15) is 12.4 Å². The lowest BCUT2D eigenvalue weighted by Crippen LogP contribution is -2.38. The summed E-state index contributed by atoms with van der Waals surface area (Å²) in [5, 5.41) is 2.87. The summed E-state index contributed by atoms with van der Waals surface area (Å²) in [5.74, 6) is 1.14. The summed E-state index contributed by atoms with van der Waals surface area (Å²) < 4.78 is 10.4. The molecule has 1 saturated carbocycles. The molecule has 1 aromatic carbocycles. The molecule has 0 saturated heterocycles. The molecule has 1 aliphatic rings. The van der Waals surface area contributed by atoms with Gasteiger partial charge in [-0.15, -0.1) is 0 Å². The molecule has 0 aromatic heterocycles. The highest BCUT2D eigenvalue weighted by atomic mass is 16.5. The Morgan fingerprint density at radius 3 is 2.95 bits per heavy atom. The molecular weight excluding hydrogens is 256 g/mol. The van der Waals surface area contributed by atoms with Crippen LogP contribution in [0.4, 0.5) is 0 Å². The number of nitrogens with one attached hydrogen (secondary N) is 1. The number of hydrogen-bond donors (Lipinski definition) is 2. The van der Waals surface area contributed by atoms with Crippen molar-refractivity contribution >= 4 is 5.91 Å². The molecule has 20 heavy (non-hydrogen) atoms. The number of methoxy groups -OCH3 is 1. The molecule has 0 heterocycles. The third-order valence-electron chi connectivity index (χ3n) is 3.38. The topological polar surface area (TPSA) is 73.6 Å². The second kappa shape index (κ2) is 7.26. The van der Waals surface area contributed by atoms with Crippen LogP contribution in [-0.2, 0) is 4.74 Å². The normalized spacial score (nSPS) is 15.7. The van der Waals surface area contributed by atoms with Gasteiger partial charge in [0, 0.05) is 25.3 Å². The molecule has 1 unspecified atom stereocenters. The molecule has 1 fully saturated rings. The van der Waals surface area contributed by atoms with E-state index in [1.54, 1.807) is 25.3 Å². The van der Waals surface area contributed by atoms with Gasteiger partial charge in [-0.25, -0.2) is 0 Å². The molecule has 0 aliphatic heterocycles. The monoisotopic (exact) mass is 278 g/mol. The third-order valence-corrected chi connectivity index (χ3v) is 3.38. The van der Waals surface area contributed by atoms with Crippen LogP contribution in [0, 0.1) is 5.92 Å². The molecular formula is C15H22N2O3. The van der Waals surface area contributed by atoms with Crippen molar-refractivity contribution in [1.29, 1.82) is 0 Å². The van der Waals surface area contributed by atoms with Crippen molar-refractivity contribution in [1.82, 2.24) is 5.32 Å². The predicted molar refractivity (Wildman–Crippen MR) is 76.8 cm³/mol. The van der Waals surface area contributed by atoms with Crippen LogP contribution in [0.25, 0.3) is 0 Å². The first-order valence-corrected chi connectivity index (χ1v) is 6.96. The molecule has 1 aliphatic carbocycles. The molecule has 110 valence electrons. The van der Waals surface area contributed by atoms with Crippen LogP contribution in [-0.4, -0.2) is 38.8 Å². The number of benzene rings is 1. The molecule has 0 bridgehead atoms. The summed E-state index contributed by atoms with van der Waals surface area (Å²) in [6.45, 7) is 1.51. The van der Waals surface area contributed by atoms with E-state index in [4.69, 9.17) is 15.2 Å². The number of ether oxygens (including phenoxy) is 2. The van der Waals surface area contributed by atoms with Gasteiger partial charge < -0.3 is 20.5 Å². The van der Waals surface area contributed by atoms with Gasteiger partial charge in [0.05, 0.1) is 6.61 Å². The van der Waals surface area contributed by atoms with Gasteiger partial charge in [-0.2, -0.15) is 0 Å². The van der Waals surface area contributed by atoms with Crippen LogP contribution in [0.3, 0.4) is 0 Å². The Morgan fingerprint density at radius 2 is 2.25 bits per heavy atom. The van der Waals surface area contributed by atoms with E-state index in [0.29, 0.717) is 37.0 Å². The van der Waals surface area contributed by atoms with Crippen molar-refractivity contribution in [3.63, 3.8) is 0 Å². The van der Waals surface area contributed by atoms with E-state index in [1.807, 2.05) is 6.07 Å². The lowest BCUT2D eigenvalue weighted by Gasteiger charge is -2.12. The SMILES string of the molecule is COCCOc1cccc(C(=O)NCC(N)C2CC2)c1. The van der Waals surface area contributed by atoms with Crippen LogP contribution in [0.2, 0.25) is 0 Å². The van der Waals surface area contributed by atoms with Crippen LogP contribution in [0.5, 0.6) is 5.75 Å². The zero-order chi connectivity index (χ0) is 14.4. The predicted octanol–water partition coefficient (Wildman–Crippen LogP) is 1.18. The molecule has 0 radical (unpaired) electrons. The Labute approximate surface area is 119 Å². The molecule has 0 spiro atoms. The van der Waals surface area contributed by atoms with Gasteiger partial charge in [-0.05, 0) is 37.0 Å². The molecule has 5 heteroatoms. The molecule has 1 amide bonds. The van der Waals surface area contributed by atoms with Crippen molar-refractivity contribution in [2.45, 2.75) is 18.9 Å². The van der Waals surface area contributed by atoms with Gasteiger partial charge in [-0.3, -0.25) is 4.79 Å². The minimum absolute atomic E-state index is 0.0695. The fourth-order valence-electron chi connectivity index (χ4n) is 1.97. The highest BCUT2D eigenvalue weighted by Crippen LogP contribution is 2.31. The van der Waals surface area contributed by atoms with Gasteiger partial charge in [-0.1, -0.05) is 6.07 Å². The van der Waals surface area contributed by atoms with Crippen LogP contribution in [0.1, 0.15) is 23.2 Å². The molecule has 3 N–H and O–H groups in total. The molecule has 5 nitrogen and oxygen atoms in total. The second-order valence-corrected chi connectivity index (χ2v) is 5.08. The van der Waals surface area contributed by atoms with Gasteiger partial charge in [0.15, 0.2) is 0 Å². The highest BCUT2D eigenvalue weighted by molar-refractivity contribution is 5.94. The summed E-state index contributed by atoms with van der Waals surface area (Å²) in [5.41, 5.74) is 6.55. The van der Waals surface area contributed by atoms with Crippen molar-refractivity contribution in [2.75, 3.05) is 26.9 Å². The van der Waals surface area contributed by atoms with Gasteiger partial charge >= 0.3 is 0 Å². The number of hydrogen-bond acceptors (Lipinski definition) is 4. The maximum Gasteiger partial charge on any atom is 0.251 e. The first-order chi connectivity index (χ1) is 9.70. The standard InChI is InChI=1S/C15H22N2O3/c1-19-7-8-20-13-4-2-3-12(9-13)15(18)17-10-14(16)11-5-6-11/h2-4,9,11,14H,5-8,10,16H2,1H3,(H,17,18).